The molecule has 0 aliphatic carbocycles. The SMILES string of the molecule is COc1ccc(CNc2nc(-c3cc(F)ccc3O)cn(C3CCCN(C(=O)OCc4ccccc4)C3)c2=O)c(OC)c1. The number of nitrogens with one attached hydrogen (secondary N) is 1. The number of carbonyl (C=O) groups excluding carboxylic acids is 1. The third kappa shape index (κ3) is 6.88. The molecule has 2 N–H and O–H groups in total. The number of likely N-dealkylation sites (tertiary alicyclic amines) is 1. The van der Waals surface area contributed by atoms with Gasteiger partial charge in [0.2, 0.25) is 0 Å². The van der Waals surface area contributed by atoms with E-state index >= 15 is 0 Å². The van der Waals surface area contributed by atoms with Crippen molar-refractivity contribution in [1.82, 2.24) is 14.5 Å². The molecule has 4 aromatic rings. The molecule has 5 rings (SSSR count). The van der Waals surface area contributed by atoms with Crippen LogP contribution in [-0.4, -0.2) is 53.0 Å². The second-order valence-corrected chi connectivity index (χ2v) is 10.2. The number of nitrogens with zero attached hydrogens (tertiary/aromatic N) is 3. The Morgan fingerprint density at radius 2 is 1.91 bits per heavy atom. The van der Waals surface area contributed by atoms with Crippen molar-refractivity contribution in [3.8, 4) is 28.5 Å². The van der Waals surface area contributed by atoms with Crippen LogP contribution < -0.4 is 20.3 Å². The molecular formula is C32H33FN4O6. The summed E-state index contributed by atoms with van der Waals surface area (Å²) in [5.41, 5.74) is 1.54. The summed E-state index contributed by atoms with van der Waals surface area (Å²) < 4.78 is 32.0. The highest BCUT2D eigenvalue weighted by Crippen LogP contribution is 2.31. The van der Waals surface area contributed by atoms with E-state index in [9.17, 15) is 19.1 Å². The minimum Gasteiger partial charge on any atom is -0.507 e. The Morgan fingerprint density at radius 1 is 1.09 bits per heavy atom. The van der Waals surface area contributed by atoms with E-state index in [2.05, 4.69) is 10.3 Å². The maximum Gasteiger partial charge on any atom is 0.410 e. The molecule has 1 fully saturated rings. The van der Waals surface area contributed by atoms with Crippen molar-refractivity contribution in [2.75, 3.05) is 32.6 Å². The van der Waals surface area contributed by atoms with Gasteiger partial charge in [-0.15, -0.1) is 0 Å². The van der Waals surface area contributed by atoms with Gasteiger partial charge >= 0.3 is 6.09 Å². The number of halogens is 1. The first-order valence-electron chi connectivity index (χ1n) is 13.9. The molecule has 10 nitrogen and oxygen atoms in total. The molecule has 0 saturated carbocycles. The Kier molecular flexibility index (Phi) is 9.09. The number of benzene rings is 3. The van der Waals surface area contributed by atoms with Crippen LogP contribution >= 0.6 is 0 Å². The van der Waals surface area contributed by atoms with E-state index < -0.39 is 23.5 Å². The number of methoxy groups -OCH3 is 2. The van der Waals surface area contributed by atoms with Crippen LogP contribution in [0.4, 0.5) is 15.0 Å². The number of aromatic nitrogens is 2. The Bertz CT molecular complexity index is 1650. The molecule has 0 spiro atoms. The zero-order chi connectivity index (χ0) is 30.3. The Balaban J connectivity index is 1.44. The van der Waals surface area contributed by atoms with Gasteiger partial charge in [0, 0.05) is 43.0 Å². The van der Waals surface area contributed by atoms with Crippen LogP contribution in [0.25, 0.3) is 11.3 Å². The van der Waals surface area contributed by atoms with E-state index in [0.717, 1.165) is 23.3 Å². The number of ether oxygens (including phenoxy) is 3. The summed E-state index contributed by atoms with van der Waals surface area (Å²) in [4.78, 5) is 32.8. The van der Waals surface area contributed by atoms with Crippen molar-refractivity contribution < 1.29 is 28.5 Å². The molecule has 1 amide bonds. The van der Waals surface area contributed by atoms with Crippen LogP contribution in [0.3, 0.4) is 0 Å². The molecule has 11 heteroatoms. The maximum absolute atomic E-state index is 14.2. The van der Waals surface area contributed by atoms with E-state index in [4.69, 9.17) is 14.2 Å². The highest BCUT2D eigenvalue weighted by molar-refractivity contribution is 5.68. The number of hydrogen-bond donors (Lipinski definition) is 2. The lowest BCUT2D eigenvalue weighted by Gasteiger charge is -2.33. The molecule has 1 aromatic heterocycles. The van der Waals surface area contributed by atoms with Gasteiger partial charge in [0.15, 0.2) is 5.82 Å². The van der Waals surface area contributed by atoms with Gasteiger partial charge in [0.05, 0.1) is 26.0 Å². The molecule has 2 heterocycles. The molecule has 0 bridgehead atoms. The molecular weight excluding hydrogens is 555 g/mol. The molecule has 1 unspecified atom stereocenters. The second kappa shape index (κ2) is 13.3. The summed E-state index contributed by atoms with van der Waals surface area (Å²) in [7, 11) is 3.10. The molecule has 1 atom stereocenters. The fourth-order valence-electron chi connectivity index (χ4n) is 5.07. The van der Waals surface area contributed by atoms with E-state index in [1.165, 1.54) is 23.9 Å². The fourth-order valence-corrected chi connectivity index (χ4v) is 5.07. The number of piperidine rings is 1. The standard InChI is InChI=1S/C32H33FN4O6/c1-41-25-12-10-22(29(16-25)42-2)17-34-30-31(39)37(19-27(35-30)26-15-23(33)11-13-28(26)38)24-9-6-14-36(18-24)32(40)43-20-21-7-4-3-5-8-21/h3-5,7-8,10-13,15-16,19,24,38H,6,9,14,17-18,20H2,1-2H3,(H,34,35). The Hall–Kier alpha value is -5.06. The smallest absolute Gasteiger partial charge is 0.410 e. The number of amides is 1. The van der Waals surface area contributed by atoms with Crippen LogP contribution in [0.2, 0.25) is 0 Å². The van der Waals surface area contributed by atoms with Gasteiger partial charge in [0.1, 0.15) is 29.7 Å². The van der Waals surface area contributed by atoms with Gasteiger partial charge in [-0.25, -0.2) is 14.2 Å². The van der Waals surface area contributed by atoms with E-state index in [1.807, 2.05) is 36.4 Å². The first kappa shape index (κ1) is 29.4. The monoisotopic (exact) mass is 588 g/mol. The highest BCUT2D eigenvalue weighted by Gasteiger charge is 2.28. The molecule has 1 aliphatic heterocycles. The number of hydrogen-bond acceptors (Lipinski definition) is 8. The van der Waals surface area contributed by atoms with Crippen LogP contribution in [0, 0.1) is 5.82 Å². The maximum atomic E-state index is 14.2. The lowest BCUT2D eigenvalue weighted by atomic mass is 10.1. The average molecular weight is 589 g/mol. The van der Waals surface area contributed by atoms with Crippen molar-refractivity contribution in [3.63, 3.8) is 0 Å². The van der Waals surface area contributed by atoms with Crippen molar-refractivity contribution in [2.45, 2.75) is 32.0 Å². The van der Waals surface area contributed by atoms with Crippen molar-refractivity contribution in [2.24, 2.45) is 0 Å². The first-order chi connectivity index (χ1) is 20.9. The van der Waals surface area contributed by atoms with Crippen LogP contribution in [0.1, 0.15) is 30.0 Å². The number of carbonyl (C=O) groups is 1. The van der Waals surface area contributed by atoms with Crippen LogP contribution in [0.15, 0.2) is 77.7 Å². The number of phenols is 1. The molecule has 0 radical (unpaired) electrons. The van der Waals surface area contributed by atoms with Gasteiger partial charge in [-0.1, -0.05) is 30.3 Å². The summed E-state index contributed by atoms with van der Waals surface area (Å²) in [5.74, 6) is 0.436. The minimum atomic E-state index is -0.560. The number of rotatable bonds is 9. The minimum absolute atomic E-state index is 0.00260. The zero-order valence-electron chi connectivity index (χ0n) is 24.0. The van der Waals surface area contributed by atoms with E-state index in [0.29, 0.717) is 30.9 Å². The van der Waals surface area contributed by atoms with Crippen molar-refractivity contribution in [1.29, 1.82) is 0 Å². The normalized spacial score (nSPS) is 14.7. The van der Waals surface area contributed by atoms with E-state index in [-0.39, 0.29) is 42.5 Å². The average Bonchev–Trinajstić information content (AvgIpc) is 3.04. The fraction of sp³-hybridized carbons (Fsp3) is 0.281. The van der Waals surface area contributed by atoms with E-state index in [1.54, 1.807) is 24.1 Å². The quantitative estimate of drug-likeness (QED) is 0.269. The van der Waals surface area contributed by atoms with Gasteiger partial charge in [-0.2, -0.15) is 0 Å². The predicted octanol–water partition coefficient (Wildman–Crippen LogP) is 5.36. The van der Waals surface area contributed by atoms with Gasteiger partial charge < -0.3 is 34.1 Å². The molecule has 43 heavy (non-hydrogen) atoms. The third-order valence-electron chi connectivity index (χ3n) is 7.36. The molecule has 1 aliphatic rings. The number of aromatic hydroxyl groups is 1. The summed E-state index contributed by atoms with van der Waals surface area (Å²) in [5, 5.41) is 13.6. The summed E-state index contributed by atoms with van der Waals surface area (Å²) in [6, 6.07) is 17.9. The first-order valence-corrected chi connectivity index (χ1v) is 13.9. The largest absolute Gasteiger partial charge is 0.507 e. The molecule has 1 saturated heterocycles. The Morgan fingerprint density at radius 3 is 2.67 bits per heavy atom. The highest BCUT2D eigenvalue weighted by atomic mass is 19.1. The van der Waals surface area contributed by atoms with Gasteiger partial charge in [-0.05, 0) is 48.7 Å². The van der Waals surface area contributed by atoms with Gasteiger partial charge in [0.25, 0.3) is 5.56 Å². The van der Waals surface area contributed by atoms with Crippen molar-refractivity contribution in [3.05, 3.63) is 100 Å². The third-order valence-corrected chi connectivity index (χ3v) is 7.36. The van der Waals surface area contributed by atoms with Gasteiger partial charge in [-0.3, -0.25) is 4.79 Å². The number of phenolic OH excluding ortho intramolecular Hbond substituents is 1. The lowest BCUT2D eigenvalue weighted by molar-refractivity contribution is 0.0798. The number of anilines is 1. The lowest BCUT2D eigenvalue weighted by Crippen LogP contribution is -2.43. The summed E-state index contributed by atoms with van der Waals surface area (Å²) in [6.45, 7) is 1.06. The topological polar surface area (TPSA) is 115 Å². The van der Waals surface area contributed by atoms with Crippen LogP contribution in [-0.2, 0) is 17.9 Å². The molecule has 224 valence electrons. The zero-order valence-corrected chi connectivity index (χ0v) is 24.0. The van der Waals surface area contributed by atoms with Crippen molar-refractivity contribution >= 4 is 11.9 Å². The summed E-state index contributed by atoms with van der Waals surface area (Å²) in [6.07, 6.45) is 2.29. The van der Waals surface area contributed by atoms with Crippen LogP contribution in [0.5, 0.6) is 17.2 Å². The molecule has 3 aromatic carbocycles. The predicted molar refractivity (Wildman–Crippen MR) is 159 cm³/mol. The summed E-state index contributed by atoms with van der Waals surface area (Å²) >= 11 is 0. The Labute approximate surface area is 248 Å². The second-order valence-electron chi connectivity index (χ2n) is 10.2.